The van der Waals surface area contributed by atoms with E-state index < -0.39 is 0 Å². The first kappa shape index (κ1) is 28.5. The van der Waals surface area contributed by atoms with Crippen molar-refractivity contribution in [2.45, 2.75) is 97.5 Å². The summed E-state index contributed by atoms with van der Waals surface area (Å²) in [5.41, 5.74) is 1.49. The van der Waals surface area contributed by atoms with E-state index in [1.807, 2.05) is 13.8 Å². The summed E-state index contributed by atoms with van der Waals surface area (Å²) in [6.45, 7) is 5.65. The van der Waals surface area contributed by atoms with Gasteiger partial charge in [0.25, 0.3) is 0 Å². The number of carbonyl (C=O) groups is 1. The first-order chi connectivity index (χ1) is 14.7. The van der Waals surface area contributed by atoms with Gasteiger partial charge in [-0.1, -0.05) is 62.0 Å². The summed E-state index contributed by atoms with van der Waals surface area (Å²) in [7, 11) is 1.00. The first-order valence-electron chi connectivity index (χ1n) is 12.0. The van der Waals surface area contributed by atoms with E-state index >= 15 is 0 Å². The minimum Gasteiger partial charge on any atom is -0.400 e. The molecule has 1 fully saturated rings. The molecule has 0 aromatic heterocycles. The maximum absolute atomic E-state index is 10.9. The summed E-state index contributed by atoms with van der Waals surface area (Å²) in [4.78, 5) is 10.9. The molecule has 1 unspecified atom stereocenters. The van der Waals surface area contributed by atoms with Crippen LogP contribution in [-0.4, -0.2) is 29.2 Å². The average Bonchev–Trinajstić information content (AvgIpc) is 3.13. The summed E-state index contributed by atoms with van der Waals surface area (Å²) >= 11 is 0. The van der Waals surface area contributed by atoms with Crippen LogP contribution in [0.15, 0.2) is 48.1 Å². The van der Waals surface area contributed by atoms with Gasteiger partial charge in [0.2, 0.25) is 0 Å². The Bertz CT molecular complexity index is 542. The molecule has 2 rings (SSSR count). The molecule has 2 N–H and O–H groups in total. The van der Waals surface area contributed by atoms with Crippen molar-refractivity contribution < 1.29 is 15.0 Å². The molecule has 0 aromatic rings. The summed E-state index contributed by atoms with van der Waals surface area (Å²) in [5.74, 6) is 1.14. The van der Waals surface area contributed by atoms with Crippen LogP contribution in [0.5, 0.6) is 0 Å². The summed E-state index contributed by atoms with van der Waals surface area (Å²) in [6.07, 6.45) is 27.3. The van der Waals surface area contributed by atoms with Gasteiger partial charge in [0, 0.05) is 13.5 Å². The Labute approximate surface area is 185 Å². The fourth-order valence-electron chi connectivity index (χ4n) is 4.04. The molecule has 3 heteroatoms. The number of ketones is 1. The molecule has 1 saturated carbocycles. The second-order valence-electron chi connectivity index (χ2n) is 7.85. The largest absolute Gasteiger partial charge is 0.400 e. The third-order valence-corrected chi connectivity index (χ3v) is 5.61. The second kappa shape index (κ2) is 19.5. The predicted octanol–water partition coefficient (Wildman–Crippen LogP) is 6.72. The summed E-state index contributed by atoms with van der Waals surface area (Å²) in [6, 6.07) is 0. The van der Waals surface area contributed by atoms with Gasteiger partial charge in [0.1, 0.15) is 5.78 Å². The third kappa shape index (κ3) is 13.0. The number of rotatable bonds is 11. The van der Waals surface area contributed by atoms with Crippen molar-refractivity contribution in [1.82, 2.24) is 0 Å². The van der Waals surface area contributed by atoms with E-state index in [-0.39, 0.29) is 11.9 Å². The number of hydrogen-bond donors (Lipinski definition) is 2. The van der Waals surface area contributed by atoms with Crippen molar-refractivity contribution in [1.29, 1.82) is 0 Å². The van der Waals surface area contributed by atoms with Crippen LogP contribution >= 0.6 is 0 Å². The maximum atomic E-state index is 10.9. The Balaban J connectivity index is 0.00000198. The van der Waals surface area contributed by atoms with Gasteiger partial charge in [0.15, 0.2) is 0 Å². The van der Waals surface area contributed by atoms with Gasteiger partial charge in [-0.25, -0.2) is 0 Å². The first-order valence-corrected chi connectivity index (χ1v) is 12.0. The Morgan fingerprint density at radius 2 is 1.80 bits per heavy atom. The molecule has 0 radical (unpaired) electrons. The molecule has 30 heavy (non-hydrogen) atoms. The maximum Gasteiger partial charge on any atom is 0.129 e. The molecule has 0 amide bonds. The van der Waals surface area contributed by atoms with E-state index in [4.69, 9.17) is 5.11 Å². The highest BCUT2D eigenvalue weighted by atomic mass is 16.3. The van der Waals surface area contributed by atoms with Crippen LogP contribution in [0.1, 0.15) is 91.4 Å². The number of aliphatic hydroxyl groups excluding tert-OH is 2. The van der Waals surface area contributed by atoms with E-state index in [9.17, 15) is 9.90 Å². The van der Waals surface area contributed by atoms with E-state index in [0.29, 0.717) is 18.3 Å². The lowest BCUT2D eigenvalue weighted by Crippen LogP contribution is -2.17. The number of unbranched alkanes of at least 4 members (excludes halogenated alkanes) is 2. The highest BCUT2D eigenvalue weighted by molar-refractivity contribution is 5.75. The third-order valence-electron chi connectivity index (χ3n) is 5.61. The minimum atomic E-state index is -0.163. The Morgan fingerprint density at radius 3 is 2.47 bits per heavy atom. The fraction of sp³-hybridized carbons (Fsp3) is 0.667. The lowest BCUT2D eigenvalue weighted by molar-refractivity contribution is -0.117. The molecule has 0 bridgehead atoms. The number of carbonyl (C=O) groups excluding carboxylic acids is 1. The molecular weight excluding hydrogens is 372 g/mol. The number of aliphatic hydroxyl groups is 2. The highest BCUT2D eigenvalue weighted by Gasteiger charge is 2.32. The molecule has 0 heterocycles. The van der Waals surface area contributed by atoms with Gasteiger partial charge in [-0.15, -0.1) is 0 Å². The normalized spacial score (nSPS) is 23.0. The lowest BCUT2D eigenvalue weighted by atomic mass is 9.90. The zero-order chi connectivity index (χ0) is 22.6. The monoisotopic (exact) mass is 418 g/mol. The zero-order valence-corrected chi connectivity index (χ0v) is 19.9. The highest BCUT2D eigenvalue weighted by Crippen LogP contribution is 2.36. The smallest absolute Gasteiger partial charge is 0.129 e. The molecule has 3 nitrogen and oxygen atoms in total. The molecule has 2 aliphatic rings. The van der Waals surface area contributed by atoms with Crippen molar-refractivity contribution in [3.8, 4) is 0 Å². The van der Waals surface area contributed by atoms with Crippen molar-refractivity contribution in [3.05, 3.63) is 48.1 Å². The van der Waals surface area contributed by atoms with Crippen molar-refractivity contribution in [2.75, 3.05) is 7.11 Å². The molecular formula is C27H46O3. The van der Waals surface area contributed by atoms with E-state index in [1.54, 1.807) is 6.92 Å². The van der Waals surface area contributed by atoms with Crippen LogP contribution in [-0.2, 0) is 4.79 Å². The van der Waals surface area contributed by atoms with Crippen LogP contribution in [0, 0.1) is 11.8 Å². The quantitative estimate of drug-likeness (QED) is 0.289. The minimum absolute atomic E-state index is 0.163. The van der Waals surface area contributed by atoms with Gasteiger partial charge in [-0.2, -0.15) is 0 Å². The number of Topliss-reactive ketones (excluding diaryl/α,β-unsaturated/α-hetero) is 1. The molecule has 0 aliphatic heterocycles. The van der Waals surface area contributed by atoms with Gasteiger partial charge in [-0.05, 0) is 83.0 Å². The van der Waals surface area contributed by atoms with E-state index in [1.165, 1.54) is 31.3 Å². The summed E-state index contributed by atoms with van der Waals surface area (Å²) < 4.78 is 0. The van der Waals surface area contributed by atoms with Gasteiger partial charge in [-0.3, -0.25) is 0 Å². The van der Waals surface area contributed by atoms with Crippen LogP contribution in [0.3, 0.4) is 0 Å². The van der Waals surface area contributed by atoms with Crippen LogP contribution in [0.4, 0.5) is 0 Å². The Kier molecular flexibility index (Phi) is 18.6. The Morgan fingerprint density at radius 1 is 1.07 bits per heavy atom. The van der Waals surface area contributed by atoms with Crippen molar-refractivity contribution in [2.24, 2.45) is 11.8 Å². The molecule has 172 valence electrons. The van der Waals surface area contributed by atoms with Crippen LogP contribution in [0.2, 0.25) is 0 Å². The molecule has 3 atom stereocenters. The number of hydrogen-bond acceptors (Lipinski definition) is 3. The predicted molar refractivity (Wildman–Crippen MR) is 129 cm³/mol. The SMILES string of the molecule is CC.CC(=O)CCC/C=C\C[C@@H]1C(/C=C/CCCC2=CCCC=C2)CC[C@@H]1O.CO. The zero-order valence-electron chi connectivity index (χ0n) is 19.9. The van der Waals surface area contributed by atoms with Gasteiger partial charge < -0.3 is 15.0 Å². The van der Waals surface area contributed by atoms with Crippen molar-refractivity contribution >= 4 is 5.78 Å². The second-order valence-corrected chi connectivity index (χ2v) is 7.85. The molecule has 0 saturated heterocycles. The topological polar surface area (TPSA) is 57.5 Å². The van der Waals surface area contributed by atoms with E-state index in [2.05, 4.69) is 42.5 Å². The molecule has 2 aliphatic carbocycles. The van der Waals surface area contributed by atoms with E-state index in [0.717, 1.165) is 45.6 Å². The van der Waals surface area contributed by atoms with Gasteiger partial charge in [0.05, 0.1) is 6.10 Å². The van der Waals surface area contributed by atoms with Crippen LogP contribution in [0.25, 0.3) is 0 Å². The standard InChI is InChI=1S/C24H36O2.C2H6.CH4O/c1-20(25)12-6-2-3-11-17-23-22(18-19-24(23)26)16-10-5-9-15-21-13-7-4-8-14-21;2*1-2/h3,7,10-11,13-14,16,22-24,26H,2,4-6,8-9,12,15,17-19H2,1H3;1-2H3;2H,1H3/b11-3-,16-10+;;/t22?,23-,24+;;/m1../s1. The van der Waals surface area contributed by atoms with Gasteiger partial charge >= 0.3 is 0 Å². The average molecular weight is 419 g/mol. The number of allylic oxidation sites excluding steroid dienone is 8. The lowest BCUT2D eigenvalue weighted by Gasteiger charge is -2.17. The molecule has 0 aromatic carbocycles. The fourth-order valence-corrected chi connectivity index (χ4v) is 4.04. The summed E-state index contributed by atoms with van der Waals surface area (Å²) in [5, 5.41) is 17.3. The molecule has 0 spiro atoms. The van der Waals surface area contributed by atoms with Crippen LogP contribution < -0.4 is 0 Å². The Hall–Kier alpha value is -1.45. The van der Waals surface area contributed by atoms with Crippen molar-refractivity contribution in [3.63, 3.8) is 0 Å².